The minimum atomic E-state index is -0.687. The van der Waals surface area contributed by atoms with Crippen molar-refractivity contribution in [3.63, 3.8) is 0 Å². The lowest BCUT2D eigenvalue weighted by Crippen LogP contribution is -2.42. The largest absolute Gasteiger partial charge is 0.449 e. The smallest absolute Gasteiger partial charge is 0.426 e. The summed E-state index contributed by atoms with van der Waals surface area (Å²) in [7, 11) is 0. The zero-order chi connectivity index (χ0) is 17.0. The van der Waals surface area contributed by atoms with Crippen LogP contribution >= 0.6 is 0 Å². The van der Waals surface area contributed by atoms with E-state index in [0.29, 0.717) is 5.56 Å². The van der Waals surface area contributed by atoms with Gasteiger partial charge in [-0.1, -0.05) is 18.2 Å². The maximum atomic E-state index is 12.3. The van der Waals surface area contributed by atoms with Gasteiger partial charge in [0, 0.05) is 17.1 Å². The second-order valence-corrected chi connectivity index (χ2v) is 5.21. The van der Waals surface area contributed by atoms with Crippen LogP contribution in [0.15, 0.2) is 30.3 Å². The fourth-order valence-corrected chi connectivity index (χ4v) is 2.52. The van der Waals surface area contributed by atoms with Crippen molar-refractivity contribution in [2.75, 3.05) is 6.61 Å². The lowest BCUT2D eigenvalue weighted by atomic mass is 10.2. The summed E-state index contributed by atoms with van der Waals surface area (Å²) in [5.74, 6) is -0.383. The first kappa shape index (κ1) is 16.6. The summed E-state index contributed by atoms with van der Waals surface area (Å²) in [4.78, 5) is 23.5. The van der Waals surface area contributed by atoms with Gasteiger partial charge in [-0.2, -0.15) is 0 Å². The van der Waals surface area contributed by atoms with Gasteiger partial charge in [0.25, 0.3) is 5.91 Å². The summed E-state index contributed by atoms with van der Waals surface area (Å²) >= 11 is 0. The molecule has 0 unspecified atom stereocenters. The monoisotopic (exact) mass is 315 g/mol. The second kappa shape index (κ2) is 7.00. The van der Waals surface area contributed by atoms with Gasteiger partial charge in [-0.15, -0.1) is 0 Å². The van der Waals surface area contributed by atoms with E-state index < -0.39 is 6.09 Å². The van der Waals surface area contributed by atoms with Crippen LogP contribution in [0.2, 0.25) is 0 Å². The number of para-hydroxylation sites is 1. The van der Waals surface area contributed by atoms with Gasteiger partial charge in [0.15, 0.2) is 0 Å². The molecule has 0 radical (unpaired) electrons. The minimum absolute atomic E-state index is 0.240. The van der Waals surface area contributed by atoms with Crippen molar-refractivity contribution in [3.8, 4) is 5.69 Å². The van der Waals surface area contributed by atoms with E-state index in [9.17, 15) is 9.59 Å². The molecule has 0 bridgehead atoms. The highest BCUT2D eigenvalue weighted by molar-refractivity contribution is 5.96. The average molecular weight is 315 g/mol. The Morgan fingerprint density at radius 1 is 1.13 bits per heavy atom. The highest BCUT2D eigenvalue weighted by atomic mass is 16.5. The number of carbonyl (C=O) groups excluding carboxylic acids is 2. The Morgan fingerprint density at radius 3 is 2.48 bits per heavy atom. The van der Waals surface area contributed by atoms with E-state index in [2.05, 4.69) is 10.9 Å². The number of hydrazine groups is 1. The number of carbonyl (C=O) groups is 2. The third-order valence-electron chi connectivity index (χ3n) is 3.59. The van der Waals surface area contributed by atoms with Crippen molar-refractivity contribution in [3.05, 3.63) is 52.8 Å². The van der Waals surface area contributed by atoms with Gasteiger partial charge in [-0.05, 0) is 45.4 Å². The maximum Gasteiger partial charge on any atom is 0.426 e. The third-order valence-corrected chi connectivity index (χ3v) is 3.59. The number of ether oxygens (including phenoxy) is 1. The van der Waals surface area contributed by atoms with Gasteiger partial charge in [0.05, 0.1) is 12.2 Å². The molecule has 122 valence electrons. The Bertz CT molecular complexity index is 735. The van der Waals surface area contributed by atoms with E-state index in [0.717, 1.165) is 22.6 Å². The predicted octanol–water partition coefficient (Wildman–Crippen LogP) is 2.79. The summed E-state index contributed by atoms with van der Waals surface area (Å²) in [6.07, 6.45) is -0.687. The van der Waals surface area contributed by atoms with Gasteiger partial charge in [0.2, 0.25) is 0 Å². The summed E-state index contributed by atoms with van der Waals surface area (Å²) in [5.41, 5.74) is 8.97. The Kier molecular flexibility index (Phi) is 5.05. The predicted molar refractivity (Wildman–Crippen MR) is 87.6 cm³/mol. The summed E-state index contributed by atoms with van der Waals surface area (Å²) in [6, 6.07) is 9.77. The number of hydrogen-bond donors (Lipinski definition) is 2. The Hall–Kier alpha value is -2.76. The van der Waals surface area contributed by atoms with Gasteiger partial charge in [-0.3, -0.25) is 10.2 Å². The first-order valence-electron chi connectivity index (χ1n) is 7.43. The Balaban J connectivity index is 2.26. The number of benzene rings is 1. The lowest BCUT2D eigenvalue weighted by Gasteiger charge is -2.13. The van der Waals surface area contributed by atoms with E-state index in [1.54, 1.807) is 13.0 Å². The van der Waals surface area contributed by atoms with E-state index in [1.165, 1.54) is 0 Å². The molecule has 0 aliphatic heterocycles. The third kappa shape index (κ3) is 3.53. The Labute approximate surface area is 135 Å². The molecular formula is C17H21N3O3. The molecule has 1 aromatic heterocycles. The first-order valence-corrected chi connectivity index (χ1v) is 7.43. The molecule has 2 amide bonds. The van der Waals surface area contributed by atoms with Crippen LogP contribution in [-0.4, -0.2) is 23.2 Å². The molecule has 6 heteroatoms. The molecule has 2 N–H and O–H groups in total. The molecule has 0 atom stereocenters. The number of aromatic nitrogens is 1. The summed E-state index contributed by atoms with van der Waals surface area (Å²) in [5, 5.41) is 0. The van der Waals surface area contributed by atoms with E-state index >= 15 is 0 Å². The topological polar surface area (TPSA) is 72.4 Å². The molecule has 0 aliphatic rings. The molecule has 23 heavy (non-hydrogen) atoms. The molecule has 0 saturated heterocycles. The average Bonchev–Trinajstić information content (AvgIpc) is 2.81. The summed E-state index contributed by atoms with van der Waals surface area (Å²) in [6.45, 7) is 7.77. The highest BCUT2D eigenvalue weighted by Crippen LogP contribution is 2.23. The molecule has 0 saturated carbocycles. The maximum absolute atomic E-state index is 12.3. The van der Waals surface area contributed by atoms with Crippen LogP contribution in [0, 0.1) is 20.8 Å². The van der Waals surface area contributed by atoms with Crippen molar-refractivity contribution in [2.24, 2.45) is 0 Å². The molecule has 1 heterocycles. The SMILES string of the molecule is CCOC(=O)NNC(=O)c1cc(C)n(-c2ccccc2C)c1C. The van der Waals surface area contributed by atoms with Crippen LogP contribution in [0.25, 0.3) is 5.69 Å². The molecule has 0 spiro atoms. The van der Waals surface area contributed by atoms with Crippen LogP contribution in [0.1, 0.15) is 34.2 Å². The highest BCUT2D eigenvalue weighted by Gasteiger charge is 2.17. The summed E-state index contributed by atoms with van der Waals surface area (Å²) < 4.78 is 6.72. The zero-order valence-electron chi connectivity index (χ0n) is 13.8. The number of nitrogens with zero attached hydrogens (tertiary/aromatic N) is 1. The Morgan fingerprint density at radius 2 is 1.83 bits per heavy atom. The minimum Gasteiger partial charge on any atom is -0.449 e. The van der Waals surface area contributed by atoms with Crippen LogP contribution in [0.3, 0.4) is 0 Å². The number of nitrogens with one attached hydrogen (secondary N) is 2. The van der Waals surface area contributed by atoms with Gasteiger partial charge in [0.1, 0.15) is 0 Å². The fourth-order valence-electron chi connectivity index (χ4n) is 2.52. The first-order chi connectivity index (χ1) is 11.0. The van der Waals surface area contributed by atoms with Crippen LogP contribution in [-0.2, 0) is 4.74 Å². The molecule has 1 aromatic carbocycles. The molecule has 2 aromatic rings. The van der Waals surface area contributed by atoms with Crippen LogP contribution in [0.5, 0.6) is 0 Å². The van der Waals surface area contributed by atoms with Gasteiger partial charge in [-0.25, -0.2) is 10.2 Å². The molecule has 2 rings (SSSR count). The molecule has 0 aliphatic carbocycles. The van der Waals surface area contributed by atoms with Gasteiger partial charge < -0.3 is 9.30 Å². The van der Waals surface area contributed by atoms with Crippen molar-refractivity contribution in [2.45, 2.75) is 27.7 Å². The van der Waals surface area contributed by atoms with E-state index in [-0.39, 0.29) is 12.5 Å². The number of amides is 2. The lowest BCUT2D eigenvalue weighted by molar-refractivity contribution is 0.0912. The van der Waals surface area contributed by atoms with Crippen LogP contribution < -0.4 is 10.9 Å². The molecule has 6 nitrogen and oxygen atoms in total. The number of rotatable bonds is 3. The van der Waals surface area contributed by atoms with Crippen LogP contribution in [0.4, 0.5) is 4.79 Å². The van der Waals surface area contributed by atoms with Gasteiger partial charge >= 0.3 is 6.09 Å². The number of hydrogen-bond acceptors (Lipinski definition) is 3. The van der Waals surface area contributed by atoms with Crippen molar-refractivity contribution < 1.29 is 14.3 Å². The zero-order valence-corrected chi connectivity index (χ0v) is 13.8. The quantitative estimate of drug-likeness (QED) is 0.856. The second-order valence-electron chi connectivity index (χ2n) is 5.21. The van der Waals surface area contributed by atoms with E-state index in [4.69, 9.17) is 4.74 Å². The van der Waals surface area contributed by atoms with Crippen molar-refractivity contribution in [1.29, 1.82) is 0 Å². The van der Waals surface area contributed by atoms with E-state index in [1.807, 2.05) is 49.6 Å². The van der Waals surface area contributed by atoms with Crippen molar-refractivity contribution in [1.82, 2.24) is 15.4 Å². The molecular weight excluding hydrogens is 294 g/mol. The molecule has 0 fully saturated rings. The van der Waals surface area contributed by atoms with Crippen molar-refractivity contribution >= 4 is 12.0 Å². The standard InChI is InChI=1S/C17H21N3O3/c1-5-23-17(22)19-18-16(21)14-10-12(3)20(13(14)4)15-9-7-6-8-11(15)2/h6-10H,5H2,1-4H3,(H,18,21)(H,19,22). The fraction of sp³-hybridized carbons (Fsp3) is 0.294. The number of aryl methyl sites for hydroxylation is 2. The normalized spacial score (nSPS) is 10.3.